The van der Waals surface area contributed by atoms with Gasteiger partial charge in [-0.15, -0.1) is 5.06 Å². The van der Waals surface area contributed by atoms with E-state index in [9.17, 15) is 19.2 Å². The standard InChI is InChI=1S/C24H18ClFN2O3/c25-19-6-1-15(2-7-19)13-21(16-3-8-20(26)9-4-16)24(30)28(31)23(29)18-5-10-22-17(14-18)11-12-27-22/h1-10,13-14,27,31H,11-12H2. The lowest BCUT2D eigenvalue weighted by atomic mass is 10.0. The summed E-state index contributed by atoms with van der Waals surface area (Å²) in [6, 6.07) is 16.9. The van der Waals surface area contributed by atoms with Crippen LogP contribution in [0.25, 0.3) is 11.6 Å². The molecule has 156 valence electrons. The Morgan fingerprint density at radius 1 is 1.00 bits per heavy atom. The molecule has 1 heterocycles. The maximum absolute atomic E-state index is 13.4. The Morgan fingerprint density at radius 3 is 2.39 bits per heavy atom. The molecule has 0 aromatic heterocycles. The summed E-state index contributed by atoms with van der Waals surface area (Å²) in [5.74, 6) is -2.24. The Bertz CT molecular complexity index is 1170. The second-order valence-corrected chi connectivity index (χ2v) is 7.52. The molecule has 0 saturated carbocycles. The molecule has 31 heavy (non-hydrogen) atoms. The van der Waals surface area contributed by atoms with Gasteiger partial charge in [-0.25, -0.2) is 4.39 Å². The molecule has 0 radical (unpaired) electrons. The molecule has 5 nitrogen and oxygen atoms in total. The molecule has 4 rings (SSSR count). The third-order valence-corrected chi connectivity index (χ3v) is 5.27. The van der Waals surface area contributed by atoms with Crippen LogP contribution >= 0.6 is 11.6 Å². The van der Waals surface area contributed by atoms with Crippen LogP contribution in [0.1, 0.15) is 27.0 Å². The Hall–Kier alpha value is -3.48. The molecule has 7 heteroatoms. The van der Waals surface area contributed by atoms with E-state index < -0.39 is 17.6 Å². The van der Waals surface area contributed by atoms with Crippen molar-refractivity contribution < 1.29 is 19.2 Å². The number of nitrogens with one attached hydrogen (secondary N) is 1. The largest absolute Gasteiger partial charge is 0.384 e. The van der Waals surface area contributed by atoms with Crippen LogP contribution < -0.4 is 5.32 Å². The zero-order valence-electron chi connectivity index (χ0n) is 16.3. The molecule has 2 N–H and O–H groups in total. The number of carbonyl (C=O) groups excluding carboxylic acids is 2. The van der Waals surface area contributed by atoms with Gasteiger partial charge in [-0.3, -0.25) is 14.8 Å². The van der Waals surface area contributed by atoms with Gasteiger partial charge in [0.05, 0.1) is 5.57 Å². The fourth-order valence-electron chi connectivity index (χ4n) is 3.39. The van der Waals surface area contributed by atoms with Gasteiger partial charge in [0, 0.05) is 22.8 Å². The van der Waals surface area contributed by atoms with Gasteiger partial charge in [-0.1, -0.05) is 35.9 Å². The molecule has 0 fully saturated rings. The monoisotopic (exact) mass is 436 g/mol. The lowest BCUT2D eigenvalue weighted by molar-refractivity contribution is -0.146. The van der Waals surface area contributed by atoms with Crippen molar-refractivity contribution in [1.82, 2.24) is 5.06 Å². The second-order valence-electron chi connectivity index (χ2n) is 7.09. The number of nitrogens with zero attached hydrogens (tertiary/aromatic N) is 1. The first-order valence-electron chi connectivity index (χ1n) is 9.60. The Labute approximate surface area is 183 Å². The molecule has 1 aliphatic rings. The van der Waals surface area contributed by atoms with Gasteiger partial charge in [0.2, 0.25) is 0 Å². The summed E-state index contributed by atoms with van der Waals surface area (Å²) in [6.45, 7) is 0.771. The number of hydrogen-bond acceptors (Lipinski definition) is 4. The molecule has 0 saturated heterocycles. The number of hydroxylamine groups is 2. The Kier molecular flexibility index (Phi) is 5.84. The highest BCUT2D eigenvalue weighted by molar-refractivity contribution is 6.31. The van der Waals surface area contributed by atoms with E-state index in [-0.39, 0.29) is 16.2 Å². The van der Waals surface area contributed by atoms with Gasteiger partial charge in [-0.2, -0.15) is 0 Å². The average Bonchev–Trinajstić information content (AvgIpc) is 3.26. The summed E-state index contributed by atoms with van der Waals surface area (Å²) in [5, 5.41) is 14.3. The van der Waals surface area contributed by atoms with E-state index in [1.165, 1.54) is 30.3 Å². The van der Waals surface area contributed by atoms with Crippen LogP contribution in [-0.2, 0) is 11.2 Å². The number of benzene rings is 3. The van der Waals surface area contributed by atoms with E-state index >= 15 is 0 Å². The van der Waals surface area contributed by atoms with Gasteiger partial charge in [0.25, 0.3) is 11.8 Å². The topological polar surface area (TPSA) is 69.6 Å². The summed E-state index contributed by atoms with van der Waals surface area (Å²) >= 11 is 5.92. The van der Waals surface area contributed by atoms with Crippen molar-refractivity contribution in [3.63, 3.8) is 0 Å². The third kappa shape index (κ3) is 4.50. The molecular formula is C24H18ClFN2O3. The van der Waals surface area contributed by atoms with Gasteiger partial charge < -0.3 is 5.32 Å². The lowest BCUT2D eigenvalue weighted by Crippen LogP contribution is -2.34. The molecule has 0 spiro atoms. The summed E-state index contributed by atoms with van der Waals surface area (Å²) in [5.41, 5.74) is 3.08. The number of amides is 2. The normalized spacial score (nSPS) is 12.8. The smallest absolute Gasteiger partial charge is 0.285 e. The highest BCUT2D eigenvalue weighted by atomic mass is 35.5. The van der Waals surface area contributed by atoms with Crippen molar-refractivity contribution >= 4 is 40.8 Å². The zero-order chi connectivity index (χ0) is 22.0. The maximum Gasteiger partial charge on any atom is 0.285 e. The number of rotatable bonds is 4. The van der Waals surface area contributed by atoms with Crippen LogP contribution in [0.3, 0.4) is 0 Å². The molecular weight excluding hydrogens is 419 g/mol. The van der Waals surface area contributed by atoms with Gasteiger partial charge in [-0.05, 0) is 71.7 Å². The summed E-state index contributed by atoms with van der Waals surface area (Å²) in [4.78, 5) is 25.9. The van der Waals surface area contributed by atoms with E-state index in [0.717, 1.165) is 24.2 Å². The number of carbonyl (C=O) groups is 2. The summed E-state index contributed by atoms with van der Waals surface area (Å²) < 4.78 is 13.4. The fraction of sp³-hybridized carbons (Fsp3) is 0.0833. The first-order chi connectivity index (χ1) is 14.9. The number of hydrogen-bond donors (Lipinski definition) is 2. The van der Waals surface area contributed by atoms with E-state index in [4.69, 9.17) is 11.6 Å². The molecule has 0 aliphatic carbocycles. The molecule has 0 bridgehead atoms. The van der Waals surface area contributed by atoms with E-state index in [2.05, 4.69) is 5.32 Å². The number of halogens is 2. The maximum atomic E-state index is 13.4. The highest BCUT2D eigenvalue weighted by Gasteiger charge is 2.26. The Morgan fingerprint density at radius 2 is 1.68 bits per heavy atom. The van der Waals surface area contributed by atoms with Crippen LogP contribution in [0, 0.1) is 5.82 Å². The number of fused-ring (bicyclic) bond motifs is 1. The van der Waals surface area contributed by atoms with Crippen LogP contribution in [0.5, 0.6) is 0 Å². The van der Waals surface area contributed by atoms with Crippen LogP contribution in [0.2, 0.25) is 5.02 Å². The minimum absolute atomic E-state index is 0.0287. The zero-order valence-corrected chi connectivity index (χ0v) is 17.1. The summed E-state index contributed by atoms with van der Waals surface area (Å²) in [7, 11) is 0. The van der Waals surface area contributed by atoms with Crippen molar-refractivity contribution in [2.75, 3.05) is 11.9 Å². The SMILES string of the molecule is O=C(C(=Cc1ccc(Cl)cc1)c1ccc(F)cc1)N(O)C(=O)c1ccc2c(c1)CCN2. The van der Waals surface area contributed by atoms with Gasteiger partial charge >= 0.3 is 0 Å². The third-order valence-electron chi connectivity index (χ3n) is 5.01. The minimum Gasteiger partial charge on any atom is -0.384 e. The minimum atomic E-state index is -0.926. The Balaban J connectivity index is 1.68. The average molecular weight is 437 g/mol. The number of imide groups is 1. The van der Waals surface area contributed by atoms with Crippen LogP contribution in [0.15, 0.2) is 66.7 Å². The molecule has 3 aromatic rings. The lowest BCUT2D eigenvalue weighted by Gasteiger charge is -2.16. The van der Waals surface area contributed by atoms with E-state index in [0.29, 0.717) is 16.1 Å². The first kappa shape index (κ1) is 20.8. The van der Waals surface area contributed by atoms with Crippen LogP contribution in [0.4, 0.5) is 10.1 Å². The predicted octanol–water partition coefficient (Wildman–Crippen LogP) is 5.05. The fourth-order valence-corrected chi connectivity index (χ4v) is 3.52. The van der Waals surface area contributed by atoms with Crippen molar-refractivity contribution in [3.8, 4) is 0 Å². The molecule has 1 aliphatic heterocycles. The summed E-state index contributed by atoms with van der Waals surface area (Å²) in [6.07, 6.45) is 2.27. The quantitative estimate of drug-likeness (QED) is 0.260. The van der Waals surface area contributed by atoms with Crippen molar-refractivity contribution in [1.29, 1.82) is 0 Å². The van der Waals surface area contributed by atoms with Crippen LogP contribution in [-0.4, -0.2) is 28.6 Å². The molecule has 3 aromatic carbocycles. The van der Waals surface area contributed by atoms with Crippen molar-refractivity contribution in [2.24, 2.45) is 0 Å². The second kappa shape index (κ2) is 8.71. The number of anilines is 1. The first-order valence-corrected chi connectivity index (χ1v) is 9.98. The molecule has 0 atom stereocenters. The van der Waals surface area contributed by atoms with Crippen molar-refractivity contribution in [3.05, 3.63) is 99.8 Å². The van der Waals surface area contributed by atoms with Crippen molar-refractivity contribution in [2.45, 2.75) is 6.42 Å². The van der Waals surface area contributed by atoms with Gasteiger partial charge in [0.15, 0.2) is 0 Å². The predicted molar refractivity (Wildman–Crippen MR) is 117 cm³/mol. The van der Waals surface area contributed by atoms with E-state index in [1.807, 2.05) is 0 Å². The van der Waals surface area contributed by atoms with E-state index in [1.54, 1.807) is 42.5 Å². The molecule has 0 unspecified atom stereocenters. The molecule has 2 amide bonds. The van der Waals surface area contributed by atoms with Gasteiger partial charge in [0.1, 0.15) is 5.82 Å². The highest BCUT2D eigenvalue weighted by Crippen LogP contribution is 2.26.